The summed E-state index contributed by atoms with van der Waals surface area (Å²) in [6.07, 6.45) is 2.48. The van der Waals surface area contributed by atoms with Gasteiger partial charge in [0, 0.05) is 18.0 Å². The van der Waals surface area contributed by atoms with Gasteiger partial charge in [-0.1, -0.05) is 12.1 Å². The number of amidine groups is 1. The second-order valence-corrected chi connectivity index (χ2v) is 4.79. The molecule has 0 aromatic heterocycles. The van der Waals surface area contributed by atoms with E-state index in [0.29, 0.717) is 5.84 Å². The van der Waals surface area contributed by atoms with E-state index in [-0.39, 0.29) is 11.5 Å². The van der Waals surface area contributed by atoms with E-state index >= 15 is 0 Å². The Labute approximate surface area is 85.8 Å². The van der Waals surface area contributed by atoms with Crippen LogP contribution >= 0.6 is 0 Å². The summed E-state index contributed by atoms with van der Waals surface area (Å²) in [5.74, 6) is 0.449. The Balaban J connectivity index is 2.52. The van der Waals surface area contributed by atoms with Crippen molar-refractivity contribution in [3.8, 4) is 0 Å². The first-order valence-electron chi connectivity index (χ1n) is 5.20. The third-order valence-corrected chi connectivity index (χ3v) is 3.19. The lowest BCUT2D eigenvalue weighted by Gasteiger charge is -2.33. The fourth-order valence-corrected chi connectivity index (χ4v) is 2.02. The third kappa shape index (κ3) is 2.38. The van der Waals surface area contributed by atoms with Crippen molar-refractivity contribution in [2.75, 3.05) is 13.1 Å². The van der Waals surface area contributed by atoms with E-state index in [1.165, 1.54) is 12.8 Å². The Morgan fingerprint density at radius 1 is 1.64 bits per heavy atom. The molecular weight excluding hydrogens is 178 g/mol. The number of hydrogen-bond acceptors (Lipinski definition) is 3. The van der Waals surface area contributed by atoms with Crippen LogP contribution in [0, 0.1) is 5.92 Å². The van der Waals surface area contributed by atoms with Crippen LogP contribution in [0.2, 0.25) is 0 Å². The second-order valence-electron chi connectivity index (χ2n) is 4.79. The molecule has 0 bridgehead atoms. The number of hydrogen-bond donors (Lipinski definition) is 2. The fourth-order valence-electron chi connectivity index (χ4n) is 2.02. The van der Waals surface area contributed by atoms with E-state index in [0.717, 1.165) is 13.1 Å². The van der Waals surface area contributed by atoms with Crippen molar-refractivity contribution in [3.05, 3.63) is 0 Å². The van der Waals surface area contributed by atoms with Crippen molar-refractivity contribution in [3.63, 3.8) is 0 Å². The molecule has 1 heterocycles. The third-order valence-electron chi connectivity index (χ3n) is 3.19. The maximum absolute atomic E-state index is 8.55. The van der Waals surface area contributed by atoms with E-state index in [4.69, 9.17) is 10.9 Å². The molecule has 0 aromatic rings. The van der Waals surface area contributed by atoms with Crippen molar-refractivity contribution in [1.82, 2.24) is 4.90 Å². The first-order chi connectivity index (χ1) is 6.47. The molecular formula is C10H21N3O. The smallest absolute Gasteiger partial charge is 0.143 e. The van der Waals surface area contributed by atoms with Gasteiger partial charge in [-0.3, -0.25) is 4.90 Å². The van der Waals surface area contributed by atoms with Crippen molar-refractivity contribution in [2.24, 2.45) is 16.8 Å². The van der Waals surface area contributed by atoms with Crippen molar-refractivity contribution in [1.29, 1.82) is 0 Å². The van der Waals surface area contributed by atoms with Gasteiger partial charge in [0.2, 0.25) is 0 Å². The molecule has 1 fully saturated rings. The lowest BCUT2D eigenvalue weighted by atomic mass is 10.0. The predicted octanol–water partition coefficient (Wildman–Crippen LogP) is 1.24. The molecule has 1 unspecified atom stereocenters. The van der Waals surface area contributed by atoms with Gasteiger partial charge in [0.25, 0.3) is 0 Å². The van der Waals surface area contributed by atoms with Crippen LogP contribution in [0.15, 0.2) is 5.16 Å². The zero-order chi connectivity index (χ0) is 10.8. The fraction of sp³-hybridized carbons (Fsp3) is 0.900. The average molecular weight is 199 g/mol. The molecule has 1 atom stereocenters. The maximum atomic E-state index is 8.55. The minimum atomic E-state index is 0.123. The second kappa shape index (κ2) is 4.17. The Morgan fingerprint density at radius 2 is 2.29 bits per heavy atom. The molecule has 0 amide bonds. The molecule has 82 valence electrons. The lowest BCUT2D eigenvalue weighted by molar-refractivity contribution is 0.164. The van der Waals surface area contributed by atoms with Crippen LogP contribution in [-0.2, 0) is 0 Å². The van der Waals surface area contributed by atoms with Gasteiger partial charge in [0.05, 0.1) is 0 Å². The Morgan fingerprint density at radius 3 is 2.71 bits per heavy atom. The topological polar surface area (TPSA) is 61.8 Å². The van der Waals surface area contributed by atoms with Crippen molar-refractivity contribution >= 4 is 5.84 Å². The van der Waals surface area contributed by atoms with Gasteiger partial charge in [0.15, 0.2) is 0 Å². The number of oxime groups is 1. The van der Waals surface area contributed by atoms with Gasteiger partial charge in [0.1, 0.15) is 5.84 Å². The van der Waals surface area contributed by atoms with Gasteiger partial charge in [-0.2, -0.15) is 0 Å². The molecule has 4 heteroatoms. The minimum absolute atomic E-state index is 0.123. The van der Waals surface area contributed by atoms with E-state index in [9.17, 15) is 0 Å². The Bertz CT molecular complexity index is 225. The monoisotopic (exact) mass is 199 g/mol. The van der Waals surface area contributed by atoms with E-state index in [2.05, 4.69) is 23.9 Å². The van der Waals surface area contributed by atoms with Crippen LogP contribution in [0.3, 0.4) is 0 Å². The standard InChI is InChI=1S/C10H21N3O/c1-8(9(11)12-14)7-13-6-4-5-10(13,2)3/h8,14H,4-7H2,1-3H3,(H2,11,12). The molecule has 4 nitrogen and oxygen atoms in total. The summed E-state index contributed by atoms with van der Waals surface area (Å²) in [5, 5.41) is 11.6. The minimum Gasteiger partial charge on any atom is -0.409 e. The predicted molar refractivity (Wildman–Crippen MR) is 57.5 cm³/mol. The zero-order valence-electron chi connectivity index (χ0n) is 9.32. The molecule has 0 saturated carbocycles. The normalized spacial score (nSPS) is 25.2. The quantitative estimate of drug-likeness (QED) is 0.311. The SMILES string of the molecule is CC(CN1CCCC1(C)C)C(N)=NO. The summed E-state index contributed by atoms with van der Waals surface area (Å²) < 4.78 is 0. The van der Waals surface area contributed by atoms with Crippen LogP contribution < -0.4 is 5.73 Å². The zero-order valence-corrected chi connectivity index (χ0v) is 9.32. The molecule has 14 heavy (non-hydrogen) atoms. The average Bonchev–Trinajstić information content (AvgIpc) is 2.44. The molecule has 1 aliphatic rings. The van der Waals surface area contributed by atoms with Crippen molar-refractivity contribution in [2.45, 2.75) is 39.2 Å². The van der Waals surface area contributed by atoms with Crippen LogP contribution in [0.5, 0.6) is 0 Å². The van der Waals surface area contributed by atoms with Gasteiger partial charge >= 0.3 is 0 Å². The highest BCUT2D eigenvalue weighted by atomic mass is 16.4. The van der Waals surface area contributed by atoms with Gasteiger partial charge in [-0.05, 0) is 33.2 Å². The summed E-state index contributed by atoms with van der Waals surface area (Å²) in [7, 11) is 0. The first-order valence-corrected chi connectivity index (χ1v) is 5.20. The molecule has 3 N–H and O–H groups in total. The van der Waals surface area contributed by atoms with E-state index < -0.39 is 0 Å². The van der Waals surface area contributed by atoms with Crippen LogP contribution in [0.1, 0.15) is 33.6 Å². The molecule has 1 saturated heterocycles. The number of rotatable bonds is 3. The van der Waals surface area contributed by atoms with Crippen LogP contribution in [-0.4, -0.2) is 34.6 Å². The molecule has 0 spiro atoms. The molecule has 1 aliphatic heterocycles. The molecule has 0 aliphatic carbocycles. The maximum Gasteiger partial charge on any atom is 0.143 e. The summed E-state index contributed by atoms with van der Waals surface area (Å²) in [4.78, 5) is 2.41. The number of nitrogens with two attached hydrogens (primary N) is 1. The van der Waals surface area contributed by atoms with Crippen LogP contribution in [0.25, 0.3) is 0 Å². The highest BCUT2D eigenvalue weighted by Gasteiger charge is 2.32. The number of likely N-dealkylation sites (tertiary alicyclic amines) is 1. The van der Waals surface area contributed by atoms with Gasteiger partial charge < -0.3 is 10.9 Å². The highest BCUT2D eigenvalue weighted by molar-refractivity contribution is 5.82. The summed E-state index contributed by atoms with van der Waals surface area (Å²) in [6.45, 7) is 8.49. The largest absolute Gasteiger partial charge is 0.409 e. The van der Waals surface area contributed by atoms with Gasteiger partial charge in [-0.15, -0.1) is 0 Å². The Hall–Kier alpha value is -0.770. The molecule has 0 aromatic carbocycles. The summed E-state index contributed by atoms with van der Waals surface area (Å²) in [6, 6.07) is 0. The number of nitrogens with zero attached hydrogens (tertiary/aromatic N) is 2. The lowest BCUT2D eigenvalue weighted by Crippen LogP contribution is -2.43. The Kier molecular flexibility index (Phi) is 3.37. The van der Waals surface area contributed by atoms with E-state index in [1.54, 1.807) is 0 Å². The highest BCUT2D eigenvalue weighted by Crippen LogP contribution is 2.28. The van der Waals surface area contributed by atoms with E-state index in [1.807, 2.05) is 6.92 Å². The molecule has 0 radical (unpaired) electrons. The first kappa shape index (κ1) is 11.3. The summed E-state index contributed by atoms with van der Waals surface area (Å²) in [5.41, 5.74) is 5.82. The van der Waals surface area contributed by atoms with Crippen molar-refractivity contribution < 1.29 is 5.21 Å². The molecule has 1 rings (SSSR count). The summed E-state index contributed by atoms with van der Waals surface area (Å²) >= 11 is 0. The van der Waals surface area contributed by atoms with Crippen LogP contribution in [0.4, 0.5) is 0 Å². The van der Waals surface area contributed by atoms with Gasteiger partial charge in [-0.25, -0.2) is 0 Å².